The van der Waals surface area contributed by atoms with E-state index >= 15 is 0 Å². The van der Waals surface area contributed by atoms with E-state index in [-0.39, 0.29) is 16.2 Å². The molecule has 1 aromatic rings. The Bertz CT molecular complexity index is 724. The van der Waals surface area contributed by atoms with Crippen LogP contribution in [0.5, 0.6) is 0 Å². The smallest absolute Gasteiger partial charge is 0.338 e. The molecule has 0 spiro atoms. The SMILES string of the molecule is Cc1cc(C(=O)O[C@H]2CCCCC2=O)cc(S(N)(=O)=O)c1C. The van der Waals surface area contributed by atoms with Gasteiger partial charge in [-0.2, -0.15) is 0 Å². The number of hydrogen-bond donors (Lipinski definition) is 1. The highest BCUT2D eigenvalue weighted by molar-refractivity contribution is 7.89. The van der Waals surface area contributed by atoms with Crippen LogP contribution in [-0.4, -0.2) is 26.3 Å². The molecule has 7 heteroatoms. The highest BCUT2D eigenvalue weighted by Crippen LogP contribution is 2.23. The van der Waals surface area contributed by atoms with Crippen molar-refractivity contribution in [1.29, 1.82) is 0 Å². The first kappa shape index (κ1) is 16.6. The quantitative estimate of drug-likeness (QED) is 0.850. The molecular weight excluding hydrogens is 306 g/mol. The van der Waals surface area contributed by atoms with Gasteiger partial charge in [0.25, 0.3) is 0 Å². The molecule has 1 aliphatic rings. The molecule has 0 aliphatic heterocycles. The second-order valence-electron chi connectivity index (χ2n) is 5.57. The Kier molecular flexibility index (Phi) is 4.67. The second-order valence-corrected chi connectivity index (χ2v) is 7.10. The maximum atomic E-state index is 12.2. The van der Waals surface area contributed by atoms with Gasteiger partial charge in [-0.15, -0.1) is 0 Å². The predicted octanol–water partition coefficient (Wildman–Crippen LogP) is 1.62. The third-order valence-electron chi connectivity index (χ3n) is 3.91. The Morgan fingerprint density at radius 3 is 2.55 bits per heavy atom. The molecule has 0 radical (unpaired) electrons. The molecular formula is C15H19NO5S. The number of ether oxygens (including phenoxy) is 1. The Balaban J connectivity index is 2.30. The van der Waals surface area contributed by atoms with Crippen molar-refractivity contribution in [2.75, 3.05) is 0 Å². The second kappa shape index (κ2) is 6.18. The molecule has 0 unspecified atom stereocenters. The summed E-state index contributed by atoms with van der Waals surface area (Å²) in [6.45, 7) is 3.31. The summed E-state index contributed by atoms with van der Waals surface area (Å²) in [4.78, 5) is 23.8. The predicted molar refractivity (Wildman–Crippen MR) is 80.0 cm³/mol. The molecule has 2 rings (SSSR count). The minimum Gasteiger partial charge on any atom is -0.451 e. The van der Waals surface area contributed by atoms with Gasteiger partial charge < -0.3 is 4.74 Å². The highest BCUT2D eigenvalue weighted by atomic mass is 32.2. The average Bonchev–Trinajstić information content (AvgIpc) is 2.42. The zero-order chi connectivity index (χ0) is 16.5. The lowest BCUT2D eigenvalue weighted by Crippen LogP contribution is -2.30. The zero-order valence-corrected chi connectivity index (χ0v) is 13.4. The first-order valence-corrected chi connectivity index (χ1v) is 8.62. The molecule has 1 saturated carbocycles. The van der Waals surface area contributed by atoms with Crippen LogP contribution in [0, 0.1) is 13.8 Å². The monoisotopic (exact) mass is 325 g/mol. The van der Waals surface area contributed by atoms with Gasteiger partial charge in [0.05, 0.1) is 10.5 Å². The van der Waals surface area contributed by atoms with Crippen LogP contribution in [0.3, 0.4) is 0 Å². The number of benzene rings is 1. The van der Waals surface area contributed by atoms with Crippen molar-refractivity contribution in [3.05, 3.63) is 28.8 Å². The molecule has 1 aliphatic carbocycles. The fourth-order valence-corrected chi connectivity index (χ4v) is 3.39. The lowest BCUT2D eigenvalue weighted by molar-refractivity contribution is -0.129. The van der Waals surface area contributed by atoms with Crippen LogP contribution in [-0.2, 0) is 19.6 Å². The number of sulfonamides is 1. The minimum atomic E-state index is -3.93. The van der Waals surface area contributed by atoms with Gasteiger partial charge in [-0.1, -0.05) is 0 Å². The van der Waals surface area contributed by atoms with Crippen molar-refractivity contribution < 1.29 is 22.7 Å². The van der Waals surface area contributed by atoms with E-state index in [1.54, 1.807) is 19.9 Å². The standard InChI is InChI=1S/C15H19NO5S/c1-9-7-11(8-14(10(9)2)22(16,19)20)15(18)21-13-6-4-3-5-12(13)17/h7-8,13H,3-6H2,1-2H3,(H2,16,19,20)/t13-/m0/s1. The number of aryl methyl sites for hydroxylation is 1. The van der Waals surface area contributed by atoms with E-state index in [9.17, 15) is 18.0 Å². The molecule has 120 valence electrons. The molecule has 22 heavy (non-hydrogen) atoms. The number of Topliss-reactive ketones (excluding diaryl/α,β-unsaturated/α-hetero) is 1. The van der Waals surface area contributed by atoms with Gasteiger partial charge in [0, 0.05) is 6.42 Å². The van der Waals surface area contributed by atoms with Gasteiger partial charge in [-0.05, 0) is 56.4 Å². The van der Waals surface area contributed by atoms with Gasteiger partial charge in [0.15, 0.2) is 11.9 Å². The number of nitrogens with two attached hydrogens (primary N) is 1. The van der Waals surface area contributed by atoms with E-state index in [1.165, 1.54) is 6.07 Å². The molecule has 1 fully saturated rings. The van der Waals surface area contributed by atoms with E-state index < -0.39 is 22.1 Å². The number of carbonyl (C=O) groups is 2. The van der Waals surface area contributed by atoms with Crippen LogP contribution in [0.25, 0.3) is 0 Å². The summed E-state index contributed by atoms with van der Waals surface area (Å²) in [5.41, 5.74) is 1.20. The fourth-order valence-electron chi connectivity index (χ4n) is 2.51. The third kappa shape index (κ3) is 3.53. The molecule has 6 nitrogen and oxygen atoms in total. The normalized spacial score (nSPS) is 19.0. The first-order valence-electron chi connectivity index (χ1n) is 7.08. The van der Waals surface area contributed by atoms with E-state index in [0.29, 0.717) is 24.0 Å². The van der Waals surface area contributed by atoms with E-state index in [0.717, 1.165) is 12.8 Å². The maximum Gasteiger partial charge on any atom is 0.338 e. The van der Waals surface area contributed by atoms with Crippen molar-refractivity contribution in [1.82, 2.24) is 0 Å². The Morgan fingerprint density at radius 2 is 1.95 bits per heavy atom. The molecule has 2 N–H and O–H groups in total. The lowest BCUT2D eigenvalue weighted by atomic mass is 9.96. The summed E-state index contributed by atoms with van der Waals surface area (Å²) in [5, 5.41) is 5.17. The van der Waals surface area contributed by atoms with Crippen LogP contribution >= 0.6 is 0 Å². The first-order chi connectivity index (χ1) is 10.2. The molecule has 0 bridgehead atoms. The van der Waals surface area contributed by atoms with Crippen molar-refractivity contribution in [2.24, 2.45) is 5.14 Å². The number of primary sulfonamides is 1. The van der Waals surface area contributed by atoms with Gasteiger partial charge in [0.2, 0.25) is 10.0 Å². The summed E-state index contributed by atoms with van der Waals surface area (Å²) in [6.07, 6.45) is 1.83. The van der Waals surface area contributed by atoms with Crippen LogP contribution in [0.4, 0.5) is 0 Å². The van der Waals surface area contributed by atoms with Crippen molar-refractivity contribution >= 4 is 21.8 Å². The fraction of sp³-hybridized carbons (Fsp3) is 0.467. The highest BCUT2D eigenvalue weighted by Gasteiger charge is 2.27. The van der Waals surface area contributed by atoms with Gasteiger partial charge in [0.1, 0.15) is 0 Å². The van der Waals surface area contributed by atoms with Crippen LogP contribution in [0.2, 0.25) is 0 Å². The average molecular weight is 325 g/mol. The van der Waals surface area contributed by atoms with Crippen molar-refractivity contribution in [3.8, 4) is 0 Å². The maximum absolute atomic E-state index is 12.2. The van der Waals surface area contributed by atoms with Gasteiger partial charge >= 0.3 is 5.97 Å². The van der Waals surface area contributed by atoms with Crippen LogP contribution in [0.15, 0.2) is 17.0 Å². The Morgan fingerprint density at radius 1 is 1.27 bits per heavy atom. The van der Waals surface area contributed by atoms with E-state index in [1.807, 2.05) is 0 Å². The molecule has 0 aromatic heterocycles. The van der Waals surface area contributed by atoms with E-state index in [4.69, 9.17) is 9.88 Å². The van der Waals surface area contributed by atoms with Crippen LogP contribution in [0.1, 0.15) is 47.2 Å². The molecule has 0 heterocycles. The summed E-state index contributed by atoms with van der Waals surface area (Å²) < 4.78 is 28.4. The topological polar surface area (TPSA) is 104 Å². The number of hydrogen-bond acceptors (Lipinski definition) is 5. The number of rotatable bonds is 3. The largest absolute Gasteiger partial charge is 0.451 e. The Hall–Kier alpha value is -1.73. The summed E-state index contributed by atoms with van der Waals surface area (Å²) >= 11 is 0. The van der Waals surface area contributed by atoms with E-state index in [2.05, 4.69) is 0 Å². The molecule has 1 atom stereocenters. The zero-order valence-electron chi connectivity index (χ0n) is 12.6. The number of esters is 1. The van der Waals surface area contributed by atoms with Gasteiger partial charge in [-0.3, -0.25) is 4.79 Å². The lowest BCUT2D eigenvalue weighted by Gasteiger charge is -2.21. The summed E-state index contributed by atoms with van der Waals surface area (Å²) in [7, 11) is -3.93. The Labute approximate surface area is 129 Å². The number of carbonyl (C=O) groups excluding carboxylic acids is 2. The third-order valence-corrected chi connectivity index (χ3v) is 4.95. The number of ketones is 1. The van der Waals surface area contributed by atoms with Crippen molar-refractivity contribution in [2.45, 2.75) is 50.5 Å². The molecule has 1 aromatic carbocycles. The van der Waals surface area contributed by atoms with Gasteiger partial charge in [-0.25, -0.2) is 18.4 Å². The summed E-state index contributed by atoms with van der Waals surface area (Å²) in [6, 6.07) is 2.74. The molecule has 0 amide bonds. The van der Waals surface area contributed by atoms with Crippen LogP contribution < -0.4 is 5.14 Å². The molecule has 0 saturated heterocycles. The summed E-state index contributed by atoms with van der Waals surface area (Å²) in [5.74, 6) is -0.789. The van der Waals surface area contributed by atoms with Crippen molar-refractivity contribution in [3.63, 3.8) is 0 Å². The minimum absolute atomic E-state index is 0.0879.